The second-order valence-corrected chi connectivity index (χ2v) is 4.98. The molecule has 2 unspecified atom stereocenters. The first-order valence-corrected chi connectivity index (χ1v) is 6.44. The van der Waals surface area contributed by atoms with Crippen LogP contribution in [0.2, 0.25) is 0 Å². The Kier molecular flexibility index (Phi) is 7.26. The van der Waals surface area contributed by atoms with Gasteiger partial charge in [0.05, 0.1) is 0 Å². The lowest BCUT2D eigenvalue weighted by Crippen LogP contribution is -2.55. The van der Waals surface area contributed by atoms with Gasteiger partial charge in [0.2, 0.25) is 6.17 Å². The Morgan fingerprint density at radius 1 is 1.05 bits per heavy atom. The standard InChI is InChI=1S/C10H12F8OS/c1-2-6(19)20-4-3-5(11)7(12)9(15,16)10(17,18)8(13)14/h5,7-8H,2-4H2,1H3. The van der Waals surface area contributed by atoms with Gasteiger partial charge in [0.1, 0.15) is 6.17 Å². The number of hydrogen-bond acceptors (Lipinski definition) is 2. The summed E-state index contributed by atoms with van der Waals surface area (Å²) in [6, 6.07) is 0. The Hall–Kier alpha value is -0.540. The average molecular weight is 332 g/mol. The third-order valence-electron chi connectivity index (χ3n) is 2.33. The quantitative estimate of drug-likeness (QED) is 0.618. The zero-order valence-corrected chi connectivity index (χ0v) is 11.0. The molecule has 0 bridgehead atoms. The summed E-state index contributed by atoms with van der Waals surface area (Å²) in [7, 11) is 0. The van der Waals surface area contributed by atoms with Crippen molar-refractivity contribution < 1.29 is 39.9 Å². The molecular weight excluding hydrogens is 320 g/mol. The zero-order chi connectivity index (χ0) is 16.1. The molecule has 0 aliphatic carbocycles. The van der Waals surface area contributed by atoms with Gasteiger partial charge in [-0.2, -0.15) is 17.6 Å². The molecule has 20 heavy (non-hydrogen) atoms. The van der Waals surface area contributed by atoms with Crippen LogP contribution in [-0.4, -0.2) is 41.5 Å². The molecule has 0 saturated carbocycles. The largest absolute Gasteiger partial charge is 0.372 e. The summed E-state index contributed by atoms with van der Waals surface area (Å²) in [5, 5.41) is -0.419. The van der Waals surface area contributed by atoms with Crippen molar-refractivity contribution >= 4 is 16.9 Å². The van der Waals surface area contributed by atoms with Crippen LogP contribution in [0.15, 0.2) is 0 Å². The summed E-state index contributed by atoms with van der Waals surface area (Å²) in [5.74, 6) is -12.2. The minimum absolute atomic E-state index is 0.0697. The summed E-state index contributed by atoms with van der Waals surface area (Å²) in [4.78, 5) is 10.8. The molecule has 0 aliphatic heterocycles. The Morgan fingerprint density at radius 3 is 1.95 bits per heavy atom. The van der Waals surface area contributed by atoms with E-state index in [0.29, 0.717) is 11.8 Å². The van der Waals surface area contributed by atoms with Gasteiger partial charge in [0, 0.05) is 12.2 Å². The molecule has 0 N–H and O–H groups in total. The van der Waals surface area contributed by atoms with Crippen molar-refractivity contribution in [3.63, 3.8) is 0 Å². The second-order valence-electron chi connectivity index (χ2n) is 3.83. The fourth-order valence-electron chi connectivity index (χ4n) is 1.09. The summed E-state index contributed by atoms with van der Waals surface area (Å²) in [5.41, 5.74) is 0. The van der Waals surface area contributed by atoms with Gasteiger partial charge in [-0.05, 0) is 6.42 Å². The van der Waals surface area contributed by atoms with Gasteiger partial charge >= 0.3 is 18.3 Å². The van der Waals surface area contributed by atoms with Crippen LogP contribution in [0.25, 0.3) is 0 Å². The van der Waals surface area contributed by atoms with Crippen LogP contribution in [0.5, 0.6) is 0 Å². The van der Waals surface area contributed by atoms with E-state index in [1.165, 1.54) is 6.92 Å². The van der Waals surface area contributed by atoms with Gasteiger partial charge in [0.25, 0.3) is 0 Å². The van der Waals surface area contributed by atoms with Crippen LogP contribution >= 0.6 is 11.8 Å². The van der Waals surface area contributed by atoms with Crippen LogP contribution in [0, 0.1) is 0 Å². The molecule has 0 aromatic carbocycles. The van der Waals surface area contributed by atoms with Crippen LogP contribution in [-0.2, 0) is 4.79 Å². The van der Waals surface area contributed by atoms with Gasteiger partial charge < -0.3 is 0 Å². The third-order valence-corrected chi connectivity index (χ3v) is 3.38. The van der Waals surface area contributed by atoms with Gasteiger partial charge in [-0.25, -0.2) is 17.6 Å². The van der Waals surface area contributed by atoms with E-state index in [4.69, 9.17) is 0 Å². The van der Waals surface area contributed by atoms with E-state index in [1.54, 1.807) is 0 Å². The van der Waals surface area contributed by atoms with E-state index >= 15 is 0 Å². The number of halogens is 8. The minimum Gasteiger partial charge on any atom is -0.287 e. The number of carbonyl (C=O) groups excluding carboxylic acids is 1. The fraction of sp³-hybridized carbons (Fsp3) is 0.900. The van der Waals surface area contributed by atoms with E-state index in [2.05, 4.69) is 0 Å². The van der Waals surface area contributed by atoms with Crippen LogP contribution < -0.4 is 0 Å². The Balaban J connectivity index is 4.63. The minimum atomic E-state index is -5.97. The van der Waals surface area contributed by atoms with Crippen LogP contribution in [0.3, 0.4) is 0 Å². The number of rotatable bonds is 8. The highest BCUT2D eigenvalue weighted by Gasteiger charge is 2.68. The normalized spacial score (nSPS) is 16.3. The SMILES string of the molecule is CCC(=O)SCCC(F)C(F)C(F)(F)C(F)(F)C(F)F. The number of hydrogen-bond donors (Lipinski definition) is 0. The van der Waals surface area contributed by atoms with Crippen molar-refractivity contribution in [2.24, 2.45) is 0 Å². The lowest BCUT2D eigenvalue weighted by Gasteiger charge is -2.29. The van der Waals surface area contributed by atoms with Gasteiger partial charge in [0.15, 0.2) is 5.12 Å². The predicted octanol–water partition coefficient (Wildman–Crippen LogP) is 4.26. The monoisotopic (exact) mass is 332 g/mol. The van der Waals surface area contributed by atoms with Crippen molar-refractivity contribution in [3.8, 4) is 0 Å². The van der Waals surface area contributed by atoms with Gasteiger partial charge in [-0.1, -0.05) is 18.7 Å². The molecule has 0 aliphatic rings. The number of alkyl halides is 8. The molecule has 2 atom stereocenters. The maximum absolute atomic E-state index is 13.1. The van der Waals surface area contributed by atoms with E-state index < -0.39 is 47.9 Å². The van der Waals surface area contributed by atoms with E-state index in [-0.39, 0.29) is 6.42 Å². The summed E-state index contributed by atoms with van der Waals surface area (Å²) in [6.07, 6.45) is -12.9. The number of thioether (sulfide) groups is 1. The number of carbonyl (C=O) groups is 1. The summed E-state index contributed by atoms with van der Waals surface area (Å²) in [6.45, 7) is 1.47. The molecule has 0 spiro atoms. The van der Waals surface area contributed by atoms with Crippen molar-refractivity contribution in [1.29, 1.82) is 0 Å². The maximum atomic E-state index is 13.1. The first-order chi connectivity index (χ1) is 8.98. The predicted molar refractivity (Wildman–Crippen MR) is 58.1 cm³/mol. The second kappa shape index (κ2) is 7.46. The van der Waals surface area contributed by atoms with Crippen molar-refractivity contribution in [1.82, 2.24) is 0 Å². The molecule has 0 aromatic heterocycles. The molecule has 10 heteroatoms. The van der Waals surface area contributed by atoms with E-state index in [9.17, 15) is 39.9 Å². The first-order valence-electron chi connectivity index (χ1n) is 5.46. The Bertz CT molecular complexity index is 322. The van der Waals surface area contributed by atoms with E-state index in [1.807, 2.05) is 0 Å². The van der Waals surface area contributed by atoms with Gasteiger partial charge in [-0.3, -0.25) is 4.79 Å². The van der Waals surface area contributed by atoms with Crippen molar-refractivity contribution in [2.45, 2.75) is 50.4 Å². The molecule has 0 heterocycles. The molecule has 0 aromatic rings. The molecular formula is C10H12F8OS. The van der Waals surface area contributed by atoms with E-state index in [0.717, 1.165) is 0 Å². The summed E-state index contributed by atoms with van der Waals surface area (Å²) >= 11 is 0.520. The first kappa shape index (κ1) is 19.5. The highest BCUT2D eigenvalue weighted by molar-refractivity contribution is 8.13. The Labute approximate surface area is 114 Å². The smallest absolute Gasteiger partial charge is 0.287 e. The van der Waals surface area contributed by atoms with Gasteiger partial charge in [-0.15, -0.1) is 0 Å². The Morgan fingerprint density at radius 2 is 1.55 bits per heavy atom. The molecule has 120 valence electrons. The lowest BCUT2D eigenvalue weighted by atomic mass is 10.0. The highest BCUT2D eigenvalue weighted by Crippen LogP contribution is 2.44. The maximum Gasteiger partial charge on any atom is 0.372 e. The zero-order valence-electron chi connectivity index (χ0n) is 10.2. The highest BCUT2D eigenvalue weighted by atomic mass is 32.2. The molecule has 0 rings (SSSR count). The molecule has 1 nitrogen and oxygen atoms in total. The van der Waals surface area contributed by atoms with Crippen LogP contribution in [0.4, 0.5) is 35.1 Å². The van der Waals surface area contributed by atoms with Crippen LogP contribution in [0.1, 0.15) is 19.8 Å². The lowest BCUT2D eigenvalue weighted by molar-refractivity contribution is -0.291. The fourth-order valence-corrected chi connectivity index (χ4v) is 1.86. The molecule has 0 fully saturated rings. The molecule has 0 radical (unpaired) electrons. The molecule has 0 amide bonds. The molecule has 0 saturated heterocycles. The third kappa shape index (κ3) is 4.49. The van der Waals surface area contributed by atoms with Crippen molar-refractivity contribution in [2.75, 3.05) is 5.75 Å². The average Bonchev–Trinajstić information content (AvgIpc) is 2.36. The summed E-state index contributed by atoms with van der Waals surface area (Å²) < 4.78 is 100. The van der Waals surface area contributed by atoms with Crippen molar-refractivity contribution in [3.05, 3.63) is 0 Å². The topological polar surface area (TPSA) is 17.1 Å².